The Hall–Kier alpha value is -0.540. The first-order chi connectivity index (χ1) is 7.13. The van der Waals surface area contributed by atoms with Crippen molar-refractivity contribution in [3.05, 3.63) is 34.9 Å². The molecular weight excluding hydrogens is 279 g/mol. The molecule has 0 heterocycles. The monoisotopic (exact) mass is 290 g/mol. The Kier molecular flexibility index (Phi) is 5.12. The number of halogens is 2. The Bertz CT molecular complexity index is 324. The van der Waals surface area contributed by atoms with Crippen molar-refractivity contribution in [1.29, 1.82) is 0 Å². The molecule has 4 heteroatoms. The predicted molar refractivity (Wildman–Crippen MR) is 64.4 cm³/mol. The summed E-state index contributed by atoms with van der Waals surface area (Å²) in [5.41, 5.74) is 1.02. The number of esters is 1. The first kappa shape index (κ1) is 12.5. The maximum Gasteiger partial charge on any atom is 0.307 e. The van der Waals surface area contributed by atoms with Gasteiger partial charge in [-0.15, -0.1) is 0 Å². The minimum absolute atomic E-state index is 0.0196. The van der Waals surface area contributed by atoms with Gasteiger partial charge in [0.15, 0.2) is 0 Å². The molecule has 0 unspecified atom stereocenters. The molecule has 0 aliphatic carbocycles. The van der Waals surface area contributed by atoms with Crippen molar-refractivity contribution in [1.82, 2.24) is 0 Å². The number of alkyl halides is 1. The Morgan fingerprint density at radius 1 is 1.47 bits per heavy atom. The summed E-state index contributed by atoms with van der Waals surface area (Å²) in [5, 5.41) is 0.689. The first-order valence-electron chi connectivity index (χ1n) is 4.68. The first-order valence-corrected chi connectivity index (χ1v) is 5.98. The molecule has 1 aromatic carbocycles. The Morgan fingerprint density at radius 3 is 2.60 bits per heavy atom. The zero-order valence-corrected chi connectivity index (χ0v) is 10.7. The highest BCUT2D eigenvalue weighted by atomic mass is 79.9. The van der Waals surface area contributed by atoms with Crippen molar-refractivity contribution in [3.8, 4) is 0 Å². The van der Waals surface area contributed by atoms with Gasteiger partial charge in [-0.3, -0.25) is 4.79 Å². The SMILES string of the molecule is CCOC(=O)C[C@H](Br)c1ccc(Cl)cc1. The normalized spacial score (nSPS) is 12.2. The van der Waals surface area contributed by atoms with Crippen LogP contribution in [-0.4, -0.2) is 12.6 Å². The van der Waals surface area contributed by atoms with Gasteiger partial charge in [0.1, 0.15) is 0 Å². The molecular formula is C11H12BrClO2. The summed E-state index contributed by atoms with van der Waals surface area (Å²) in [7, 11) is 0. The van der Waals surface area contributed by atoms with E-state index in [1.807, 2.05) is 12.1 Å². The summed E-state index contributed by atoms with van der Waals surface area (Å²) < 4.78 is 4.86. The van der Waals surface area contributed by atoms with E-state index >= 15 is 0 Å². The quantitative estimate of drug-likeness (QED) is 0.624. The standard InChI is InChI=1S/C11H12BrClO2/c1-2-15-11(14)7-10(12)8-3-5-9(13)6-4-8/h3-6,10H,2,7H2,1H3/t10-/m0/s1. The summed E-state index contributed by atoms with van der Waals surface area (Å²) in [6.45, 7) is 2.21. The molecule has 0 bridgehead atoms. The lowest BCUT2D eigenvalue weighted by Crippen LogP contribution is -2.06. The van der Waals surface area contributed by atoms with Gasteiger partial charge >= 0.3 is 5.97 Å². The molecule has 0 aromatic heterocycles. The molecule has 1 aromatic rings. The fourth-order valence-electron chi connectivity index (χ4n) is 1.16. The van der Waals surface area contributed by atoms with E-state index in [2.05, 4.69) is 15.9 Å². The minimum atomic E-state index is -0.200. The molecule has 0 aliphatic rings. The Balaban J connectivity index is 2.57. The van der Waals surface area contributed by atoms with Crippen LogP contribution in [0.5, 0.6) is 0 Å². The van der Waals surface area contributed by atoms with Crippen LogP contribution in [0.3, 0.4) is 0 Å². The van der Waals surface area contributed by atoms with E-state index < -0.39 is 0 Å². The van der Waals surface area contributed by atoms with E-state index in [0.717, 1.165) is 5.56 Å². The van der Waals surface area contributed by atoms with Gasteiger partial charge in [0.2, 0.25) is 0 Å². The largest absolute Gasteiger partial charge is 0.466 e. The minimum Gasteiger partial charge on any atom is -0.466 e. The predicted octanol–water partition coefficient (Wildman–Crippen LogP) is 3.73. The van der Waals surface area contributed by atoms with Gasteiger partial charge in [0.25, 0.3) is 0 Å². The van der Waals surface area contributed by atoms with E-state index in [9.17, 15) is 4.79 Å². The second-order valence-corrected chi connectivity index (χ2v) is 4.57. The van der Waals surface area contributed by atoms with E-state index in [0.29, 0.717) is 18.1 Å². The van der Waals surface area contributed by atoms with Crippen LogP contribution >= 0.6 is 27.5 Å². The van der Waals surface area contributed by atoms with Crippen LogP contribution < -0.4 is 0 Å². The van der Waals surface area contributed by atoms with Crippen LogP contribution in [0.1, 0.15) is 23.7 Å². The van der Waals surface area contributed by atoms with E-state index in [-0.39, 0.29) is 10.8 Å². The molecule has 0 spiro atoms. The number of rotatable bonds is 4. The second-order valence-electron chi connectivity index (χ2n) is 3.03. The van der Waals surface area contributed by atoms with Crippen LogP contribution in [0.4, 0.5) is 0 Å². The lowest BCUT2D eigenvalue weighted by molar-refractivity contribution is -0.143. The van der Waals surface area contributed by atoms with Crippen molar-refractivity contribution in [3.63, 3.8) is 0 Å². The molecule has 0 amide bonds. The van der Waals surface area contributed by atoms with Gasteiger partial charge < -0.3 is 4.74 Å². The molecule has 0 radical (unpaired) electrons. The topological polar surface area (TPSA) is 26.3 Å². The molecule has 82 valence electrons. The van der Waals surface area contributed by atoms with Crippen molar-refractivity contribution in [2.24, 2.45) is 0 Å². The molecule has 0 saturated carbocycles. The molecule has 0 saturated heterocycles. The molecule has 2 nitrogen and oxygen atoms in total. The van der Waals surface area contributed by atoms with Gasteiger partial charge in [0, 0.05) is 9.85 Å². The van der Waals surface area contributed by atoms with Gasteiger partial charge in [-0.2, -0.15) is 0 Å². The van der Waals surface area contributed by atoms with Crippen molar-refractivity contribution in [2.45, 2.75) is 18.2 Å². The van der Waals surface area contributed by atoms with Gasteiger partial charge in [0.05, 0.1) is 13.0 Å². The smallest absolute Gasteiger partial charge is 0.307 e. The van der Waals surface area contributed by atoms with Crippen LogP contribution in [0.15, 0.2) is 24.3 Å². The van der Waals surface area contributed by atoms with E-state index in [1.54, 1.807) is 19.1 Å². The summed E-state index contributed by atoms with van der Waals surface area (Å²) in [6.07, 6.45) is 0.329. The van der Waals surface area contributed by atoms with Crippen LogP contribution in [0, 0.1) is 0 Å². The lowest BCUT2D eigenvalue weighted by atomic mass is 10.1. The molecule has 1 rings (SSSR count). The van der Waals surface area contributed by atoms with Crippen LogP contribution in [0.2, 0.25) is 5.02 Å². The number of benzene rings is 1. The molecule has 15 heavy (non-hydrogen) atoms. The third-order valence-electron chi connectivity index (χ3n) is 1.88. The van der Waals surface area contributed by atoms with Crippen LogP contribution in [-0.2, 0) is 9.53 Å². The van der Waals surface area contributed by atoms with Gasteiger partial charge in [-0.25, -0.2) is 0 Å². The van der Waals surface area contributed by atoms with Crippen LogP contribution in [0.25, 0.3) is 0 Å². The van der Waals surface area contributed by atoms with E-state index in [1.165, 1.54) is 0 Å². The summed E-state index contributed by atoms with van der Waals surface area (Å²) in [5.74, 6) is -0.200. The molecule has 0 N–H and O–H groups in total. The fourth-order valence-corrected chi connectivity index (χ4v) is 1.85. The zero-order valence-electron chi connectivity index (χ0n) is 8.37. The Morgan fingerprint density at radius 2 is 2.07 bits per heavy atom. The maximum atomic E-state index is 11.2. The number of hydrogen-bond acceptors (Lipinski definition) is 2. The third-order valence-corrected chi connectivity index (χ3v) is 2.99. The number of carbonyl (C=O) groups is 1. The van der Waals surface area contributed by atoms with E-state index in [4.69, 9.17) is 16.3 Å². The Labute approximate surface area is 103 Å². The average Bonchev–Trinajstić information content (AvgIpc) is 2.18. The highest BCUT2D eigenvalue weighted by Crippen LogP contribution is 2.27. The number of hydrogen-bond donors (Lipinski definition) is 0. The van der Waals surface area contributed by atoms with Gasteiger partial charge in [-0.05, 0) is 24.6 Å². The number of ether oxygens (including phenoxy) is 1. The summed E-state index contributed by atoms with van der Waals surface area (Å²) in [6, 6.07) is 7.38. The van der Waals surface area contributed by atoms with Crippen molar-refractivity contribution < 1.29 is 9.53 Å². The fraction of sp³-hybridized carbons (Fsp3) is 0.364. The van der Waals surface area contributed by atoms with Gasteiger partial charge in [-0.1, -0.05) is 39.7 Å². The highest BCUT2D eigenvalue weighted by molar-refractivity contribution is 9.09. The zero-order chi connectivity index (χ0) is 11.3. The number of carbonyl (C=O) groups excluding carboxylic acids is 1. The third kappa shape index (κ3) is 4.22. The van der Waals surface area contributed by atoms with Crippen molar-refractivity contribution in [2.75, 3.05) is 6.61 Å². The summed E-state index contributed by atoms with van der Waals surface area (Å²) in [4.78, 5) is 11.2. The second kappa shape index (κ2) is 6.13. The summed E-state index contributed by atoms with van der Waals surface area (Å²) >= 11 is 9.20. The van der Waals surface area contributed by atoms with Crippen molar-refractivity contribution >= 4 is 33.5 Å². The molecule has 0 aliphatic heterocycles. The average molecular weight is 292 g/mol. The molecule has 0 fully saturated rings. The molecule has 1 atom stereocenters. The highest BCUT2D eigenvalue weighted by Gasteiger charge is 2.13. The lowest BCUT2D eigenvalue weighted by Gasteiger charge is -2.09. The maximum absolute atomic E-state index is 11.2.